The molecule has 0 bridgehead atoms. The molecule has 0 amide bonds. The molecule has 90 valence electrons. The molecule has 0 aromatic heterocycles. The smallest absolute Gasteiger partial charge is 0.334 e. The lowest BCUT2D eigenvalue weighted by Gasteiger charge is -2.37. The summed E-state index contributed by atoms with van der Waals surface area (Å²) >= 11 is 0. The maximum absolute atomic E-state index is 10.9. The van der Waals surface area contributed by atoms with Crippen molar-refractivity contribution < 1.29 is 19.1 Å². The van der Waals surface area contributed by atoms with Gasteiger partial charge >= 0.3 is 5.97 Å². The van der Waals surface area contributed by atoms with Gasteiger partial charge in [0, 0.05) is 7.11 Å². The highest BCUT2D eigenvalue weighted by Gasteiger charge is 2.40. The number of ether oxygens (including phenoxy) is 1. The van der Waals surface area contributed by atoms with E-state index >= 15 is 0 Å². The topological polar surface area (TPSA) is 55.8 Å². The fourth-order valence-corrected chi connectivity index (χ4v) is 2.07. The second kappa shape index (κ2) is 5.09. The molecule has 1 unspecified atom stereocenters. The third-order valence-corrected chi connectivity index (χ3v) is 7.32. The van der Waals surface area contributed by atoms with Crippen LogP contribution in [0.1, 0.15) is 20.8 Å². The Kier molecular flexibility index (Phi) is 4.96. The van der Waals surface area contributed by atoms with Crippen LogP contribution in [0.5, 0.6) is 0 Å². The minimum absolute atomic E-state index is 0.00837. The van der Waals surface area contributed by atoms with E-state index in [4.69, 9.17) is 14.3 Å². The van der Waals surface area contributed by atoms with E-state index in [1.807, 2.05) is 13.1 Å². The van der Waals surface area contributed by atoms with Gasteiger partial charge in [-0.25, -0.2) is 4.79 Å². The number of hydrogen-bond acceptors (Lipinski definition) is 3. The molecule has 0 spiro atoms. The van der Waals surface area contributed by atoms with E-state index in [0.717, 1.165) is 0 Å². The van der Waals surface area contributed by atoms with Crippen molar-refractivity contribution in [3.8, 4) is 0 Å². The van der Waals surface area contributed by atoms with E-state index in [0.29, 0.717) is 0 Å². The van der Waals surface area contributed by atoms with Crippen molar-refractivity contribution in [3.63, 3.8) is 0 Å². The molecule has 1 atom stereocenters. The predicted molar refractivity (Wildman–Crippen MR) is 61.6 cm³/mol. The summed E-state index contributed by atoms with van der Waals surface area (Å²) in [4.78, 5) is 10.9. The van der Waals surface area contributed by atoms with Gasteiger partial charge in [-0.2, -0.15) is 0 Å². The van der Waals surface area contributed by atoms with Crippen LogP contribution in [0, 0.1) is 0 Å². The maximum atomic E-state index is 10.9. The van der Waals surface area contributed by atoms with Crippen LogP contribution >= 0.6 is 0 Å². The second-order valence-electron chi connectivity index (χ2n) is 5.16. The number of carboxylic acid groups (broad SMARTS) is 1. The molecule has 0 saturated carbocycles. The third kappa shape index (κ3) is 4.32. The molecule has 0 saturated heterocycles. The molecule has 4 nitrogen and oxygen atoms in total. The molecule has 15 heavy (non-hydrogen) atoms. The Balaban J connectivity index is 4.59. The Labute approximate surface area is 92.7 Å². The van der Waals surface area contributed by atoms with Crippen LogP contribution in [-0.4, -0.2) is 39.2 Å². The number of carboxylic acids is 1. The van der Waals surface area contributed by atoms with Crippen LogP contribution < -0.4 is 0 Å². The molecule has 0 rings (SSSR count). The van der Waals surface area contributed by atoms with E-state index in [1.165, 1.54) is 7.11 Å². The highest BCUT2D eigenvalue weighted by Crippen LogP contribution is 2.37. The summed E-state index contributed by atoms with van der Waals surface area (Å²) in [7, 11) is -0.552. The average molecular weight is 234 g/mol. The molecule has 0 aliphatic heterocycles. The minimum atomic E-state index is -2.03. The van der Waals surface area contributed by atoms with Gasteiger partial charge in [-0.1, -0.05) is 20.8 Å². The van der Waals surface area contributed by atoms with Crippen molar-refractivity contribution >= 4 is 14.3 Å². The predicted octanol–water partition coefficient (Wildman–Crippen LogP) is 2.11. The summed E-state index contributed by atoms with van der Waals surface area (Å²) in [5, 5.41) is 8.96. The number of methoxy groups -OCH3 is 1. The first kappa shape index (κ1) is 14.6. The summed E-state index contributed by atoms with van der Waals surface area (Å²) in [5.74, 6) is -0.957. The summed E-state index contributed by atoms with van der Waals surface area (Å²) in [6, 6.07) is 0. The molecular formula is C10H22O4Si. The zero-order valence-corrected chi connectivity index (χ0v) is 11.5. The summed E-state index contributed by atoms with van der Waals surface area (Å²) in [6.07, 6.45) is -0.851. The summed E-state index contributed by atoms with van der Waals surface area (Å²) in [5.41, 5.74) is 0. The van der Waals surface area contributed by atoms with Gasteiger partial charge in [0.15, 0.2) is 14.4 Å². The first-order valence-electron chi connectivity index (χ1n) is 5.01. The fraction of sp³-hybridized carbons (Fsp3) is 0.900. The summed E-state index contributed by atoms with van der Waals surface area (Å²) in [6.45, 7) is 10.4. The lowest BCUT2D eigenvalue weighted by atomic mass is 10.2. The van der Waals surface area contributed by atoms with E-state index < -0.39 is 20.4 Å². The lowest BCUT2D eigenvalue weighted by molar-refractivity contribution is -0.148. The lowest BCUT2D eigenvalue weighted by Crippen LogP contribution is -2.47. The second-order valence-corrected chi connectivity index (χ2v) is 9.92. The standard InChI is InChI=1S/C10H22O4Si/c1-10(2,3)15(5,6)14-8(7-13-4)9(11)12/h8H,7H2,1-6H3,(H,11,12). The van der Waals surface area contributed by atoms with Crippen LogP contribution in [0.4, 0.5) is 0 Å². The van der Waals surface area contributed by atoms with Crippen LogP contribution in [0.15, 0.2) is 0 Å². The molecule has 5 heteroatoms. The van der Waals surface area contributed by atoms with E-state index in [9.17, 15) is 4.79 Å². The van der Waals surface area contributed by atoms with Gasteiger partial charge in [-0.05, 0) is 18.1 Å². The molecule has 0 aromatic carbocycles. The van der Waals surface area contributed by atoms with Gasteiger partial charge in [0.25, 0.3) is 0 Å². The minimum Gasteiger partial charge on any atom is -0.479 e. The highest BCUT2D eigenvalue weighted by molar-refractivity contribution is 6.74. The molecule has 1 N–H and O–H groups in total. The van der Waals surface area contributed by atoms with Gasteiger partial charge in [-0.15, -0.1) is 0 Å². The number of aliphatic carboxylic acids is 1. The summed E-state index contributed by atoms with van der Waals surface area (Å²) < 4.78 is 10.6. The third-order valence-electron chi connectivity index (χ3n) is 2.84. The Morgan fingerprint density at radius 2 is 1.87 bits per heavy atom. The van der Waals surface area contributed by atoms with Gasteiger partial charge in [0.05, 0.1) is 6.61 Å². The van der Waals surface area contributed by atoms with Crippen LogP contribution in [0.3, 0.4) is 0 Å². The Morgan fingerprint density at radius 3 is 2.13 bits per heavy atom. The molecular weight excluding hydrogens is 212 g/mol. The Morgan fingerprint density at radius 1 is 1.40 bits per heavy atom. The quantitative estimate of drug-likeness (QED) is 0.740. The van der Waals surface area contributed by atoms with E-state index in [-0.39, 0.29) is 11.6 Å². The Hall–Kier alpha value is -0.393. The zero-order valence-electron chi connectivity index (χ0n) is 10.5. The normalized spacial score (nSPS) is 15.1. The molecule has 0 aromatic rings. The molecule has 0 heterocycles. The van der Waals surface area contributed by atoms with E-state index in [1.54, 1.807) is 0 Å². The van der Waals surface area contributed by atoms with Crippen LogP contribution in [-0.2, 0) is 14.0 Å². The monoisotopic (exact) mass is 234 g/mol. The number of carbonyl (C=O) groups is 1. The van der Waals surface area contributed by atoms with Gasteiger partial charge in [0.1, 0.15) is 0 Å². The average Bonchev–Trinajstić information content (AvgIpc) is 2.00. The highest BCUT2D eigenvalue weighted by atomic mass is 28.4. The van der Waals surface area contributed by atoms with Crippen LogP contribution in [0.25, 0.3) is 0 Å². The fourth-order valence-electron chi connectivity index (χ4n) is 0.840. The van der Waals surface area contributed by atoms with Crippen molar-refractivity contribution in [1.82, 2.24) is 0 Å². The van der Waals surface area contributed by atoms with Gasteiger partial charge < -0.3 is 14.3 Å². The van der Waals surface area contributed by atoms with Gasteiger partial charge in [-0.3, -0.25) is 0 Å². The maximum Gasteiger partial charge on any atom is 0.334 e. The van der Waals surface area contributed by atoms with Crippen molar-refractivity contribution in [2.24, 2.45) is 0 Å². The molecule has 0 aliphatic rings. The number of rotatable bonds is 5. The van der Waals surface area contributed by atoms with Crippen molar-refractivity contribution in [2.75, 3.05) is 13.7 Å². The zero-order chi connectivity index (χ0) is 12.3. The van der Waals surface area contributed by atoms with Crippen molar-refractivity contribution in [3.05, 3.63) is 0 Å². The molecule has 0 aliphatic carbocycles. The first-order valence-corrected chi connectivity index (χ1v) is 7.92. The van der Waals surface area contributed by atoms with Crippen LogP contribution in [0.2, 0.25) is 18.1 Å². The van der Waals surface area contributed by atoms with E-state index in [2.05, 4.69) is 20.8 Å². The SMILES string of the molecule is COCC(O[Si](C)(C)C(C)(C)C)C(=O)O. The van der Waals surface area contributed by atoms with Crippen molar-refractivity contribution in [1.29, 1.82) is 0 Å². The molecule has 0 fully saturated rings. The Bertz CT molecular complexity index is 220. The largest absolute Gasteiger partial charge is 0.479 e. The molecule has 0 radical (unpaired) electrons. The van der Waals surface area contributed by atoms with Gasteiger partial charge in [0.2, 0.25) is 0 Å². The first-order chi connectivity index (χ1) is 6.62. The van der Waals surface area contributed by atoms with Crippen molar-refractivity contribution in [2.45, 2.75) is 45.0 Å². The number of hydrogen-bond donors (Lipinski definition) is 1.